The van der Waals surface area contributed by atoms with Crippen molar-refractivity contribution < 1.29 is 9.59 Å². The van der Waals surface area contributed by atoms with Crippen molar-refractivity contribution in [3.8, 4) is 0 Å². The van der Waals surface area contributed by atoms with Crippen molar-refractivity contribution in [2.45, 2.75) is 57.9 Å². The average Bonchev–Trinajstić information content (AvgIpc) is 3.24. The molecule has 0 radical (unpaired) electrons. The number of rotatable bonds is 5. The van der Waals surface area contributed by atoms with E-state index >= 15 is 0 Å². The van der Waals surface area contributed by atoms with Crippen molar-refractivity contribution >= 4 is 17.6 Å². The summed E-state index contributed by atoms with van der Waals surface area (Å²) in [6, 6.07) is 10.5. The van der Waals surface area contributed by atoms with Gasteiger partial charge in [0.05, 0.1) is 6.54 Å². The van der Waals surface area contributed by atoms with E-state index in [0.717, 1.165) is 69.1 Å². The van der Waals surface area contributed by atoms with Crippen LogP contribution in [0.25, 0.3) is 0 Å². The van der Waals surface area contributed by atoms with E-state index in [1.54, 1.807) is 4.90 Å². The Hall–Kier alpha value is -2.96. The first-order chi connectivity index (χ1) is 16.1. The number of nitrogens with zero attached hydrogens (tertiary/aromatic N) is 5. The molecule has 0 spiro atoms. The number of aryl methyl sites for hydroxylation is 1. The molecule has 33 heavy (non-hydrogen) atoms. The highest BCUT2D eigenvalue weighted by molar-refractivity contribution is 5.86. The van der Waals surface area contributed by atoms with Gasteiger partial charge in [0.15, 0.2) is 0 Å². The molecule has 1 aromatic heterocycles. The van der Waals surface area contributed by atoms with Gasteiger partial charge in [-0.3, -0.25) is 9.59 Å². The quantitative estimate of drug-likeness (QED) is 0.705. The lowest BCUT2D eigenvalue weighted by atomic mass is 9.96. The molecule has 0 aliphatic carbocycles. The van der Waals surface area contributed by atoms with E-state index in [1.807, 2.05) is 11.0 Å². The number of carbonyl (C=O) groups excluding carboxylic acids is 2. The van der Waals surface area contributed by atoms with Crippen molar-refractivity contribution in [1.82, 2.24) is 19.8 Å². The predicted octanol–water partition coefficient (Wildman–Crippen LogP) is 3.07. The van der Waals surface area contributed by atoms with Gasteiger partial charge in [0.2, 0.25) is 11.8 Å². The molecule has 7 heteroatoms. The van der Waals surface area contributed by atoms with Crippen LogP contribution in [0.5, 0.6) is 0 Å². The number of fused-ring (bicyclic) bond motifs is 1. The van der Waals surface area contributed by atoms with Crippen molar-refractivity contribution in [3.05, 3.63) is 53.0 Å². The molecule has 174 valence electrons. The number of hydrogen-bond donors (Lipinski definition) is 0. The molecule has 2 aromatic rings. The summed E-state index contributed by atoms with van der Waals surface area (Å²) in [5, 5.41) is 0. The number of piperidine rings is 1. The molecule has 1 atom stereocenters. The summed E-state index contributed by atoms with van der Waals surface area (Å²) < 4.78 is 0. The second-order valence-corrected chi connectivity index (χ2v) is 9.58. The van der Waals surface area contributed by atoms with Crippen LogP contribution < -0.4 is 4.90 Å². The van der Waals surface area contributed by atoms with E-state index in [4.69, 9.17) is 9.97 Å². The summed E-state index contributed by atoms with van der Waals surface area (Å²) in [6.07, 6.45) is 5.49. The number of carbonyl (C=O) groups is 2. The van der Waals surface area contributed by atoms with Crippen molar-refractivity contribution in [1.29, 1.82) is 0 Å². The van der Waals surface area contributed by atoms with Crippen molar-refractivity contribution in [2.24, 2.45) is 0 Å². The zero-order valence-corrected chi connectivity index (χ0v) is 19.5. The molecular weight excluding hydrogens is 414 g/mol. The smallest absolute Gasteiger partial charge is 0.242 e. The summed E-state index contributed by atoms with van der Waals surface area (Å²) in [7, 11) is 0. The van der Waals surface area contributed by atoms with Gasteiger partial charge in [-0.05, 0) is 44.6 Å². The number of amides is 2. The van der Waals surface area contributed by atoms with Gasteiger partial charge in [0.1, 0.15) is 11.6 Å². The predicted molar refractivity (Wildman–Crippen MR) is 127 cm³/mol. The average molecular weight is 448 g/mol. The maximum Gasteiger partial charge on any atom is 0.242 e. The summed E-state index contributed by atoms with van der Waals surface area (Å²) in [6.45, 7) is 6.24. The summed E-state index contributed by atoms with van der Waals surface area (Å²) in [4.78, 5) is 40.9. The van der Waals surface area contributed by atoms with Crippen LogP contribution in [0.4, 0.5) is 5.82 Å². The fourth-order valence-electron chi connectivity index (χ4n) is 5.40. The number of benzene rings is 1. The maximum atomic E-state index is 12.9. The van der Waals surface area contributed by atoms with Gasteiger partial charge >= 0.3 is 0 Å². The standard InChI is InChI=1S/C26H33N5O2/c1-19-22-11-6-15-31(16-20-8-3-2-4-9-20)26(22)28-25(27-19)21-10-5-13-29(17-21)24(33)18-30-14-7-12-23(30)32/h2-4,8-9,21H,5-7,10-18H2,1H3/t21-/m0/s1. The first kappa shape index (κ1) is 21.9. The molecule has 2 fully saturated rings. The van der Waals surface area contributed by atoms with Crippen LogP contribution in [-0.2, 0) is 22.6 Å². The number of likely N-dealkylation sites (tertiary alicyclic amines) is 2. The molecule has 0 saturated carbocycles. The van der Waals surface area contributed by atoms with Gasteiger partial charge < -0.3 is 14.7 Å². The molecule has 3 aliphatic heterocycles. The fourth-order valence-corrected chi connectivity index (χ4v) is 5.40. The first-order valence-corrected chi connectivity index (χ1v) is 12.3. The Morgan fingerprint density at radius 3 is 2.58 bits per heavy atom. The Kier molecular flexibility index (Phi) is 6.29. The lowest BCUT2D eigenvalue weighted by molar-refractivity contribution is -0.139. The van der Waals surface area contributed by atoms with Crippen LogP contribution in [-0.4, -0.2) is 64.3 Å². The van der Waals surface area contributed by atoms with E-state index in [2.05, 4.69) is 36.1 Å². The highest BCUT2D eigenvalue weighted by Gasteiger charge is 2.31. The van der Waals surface area contributed by atoms with E-state index in [0.29, 0.717) is 19.5 Å². The Balaban J connectivity index is 1.33. The Morgan fingerprint density at radius 1 is 1.00 bits per heavy atom. The van der Waals surface area contributed by atoms with Crippen molar-refractivity contribution in [2.75, 3.05) is 37.6 Å². The highest BCUT2D eigenvalue weighted by atomic mass is 16.2. The first-order valence-electron chi connectivity index (χ1n) is 12.3. The molecule has 2 saturated heterocycles. The zero-order valence-electron chi connectivity index (χ0n) is 19.5. The minimum absolute atomic E-state index is 0.0512. The molecule has 1 aromatic carbocycles. The van der Waals surface area contributed by atoms with E-state index < -0.39 is 0 Å². The summed E-state index contributed by atoms with van der Waals surface area (Å²) in [5.74, 6) is 2.22. The van der Waals surface area contributed by atoms with Gasteiger partial charge in [-0.15, -0.1) is 0 Å². The Morgan fingerprint density at radius 2 is 1.79 bits per heavy atom. The molecule has 0 bridgehead atoms. The third-order valence-electron chi connectivity index (χ3n) is 7.22. The van der Waals surface area contributed by atoms with Crippen molar-refractivity contribution in [3.63, 3.8) is 0 Å². The molecular formula is C26H33N5O2. The minimum atomic E-state index is 0.0512. The topological polar surface area (TPSA) is 69.6 Å². The van der Waals surface area contributed by atoms with Crippen LogP contribution in [0.2, 0.25) is 0 Å². The third-order valence-corrected chi connectivity index (χ3v) is 7.22. The van der Waals surface area contributed by atoms with Gasteiger partial charge in [-0.1, -0.05) is 30.3 Å². The van der Waals surface area contributed by atoms with Gasteiger partial charge in [0.25, 0.3) is 0 Å². The lowest BCUT2D eigenvalue weighted by Crippen LogP contribution is -2.45. The monoisotopic (exact) mass is 447 g/mol. The lowest BCUT2D eigenvalue weighted by Gasteiger charge is -2.35. The normalized spacial score (nSPS) is 20.8. The largest absolute Gasteiger partial charge is 0.352 e. The molecule has 5 rings (SSSR count). The maximum absolute atomic E-state index is 12.9. The fraction of sp³-hybridized carbons (Fsp3) is 0.538. The van der Waals surface area contributed by atoms with E-state index in [1.165, 1.54) is 11.1 Å². The molecule has 0 unspecified atom stereocenters. The SMILES string of the molecule is Cc1nc([C@H]2CCCN(C(=O)CN3CCCC3=O)C2)nc2c1CCCN2Cc1ccccc1. The highest BCUT2D eigenvalue weighted by Crippen LogP contribution is 2.32. The molecule has 3 aliphatic rings. The van der Waals surface area contributed by atoms with Gasteiger partial charge in [-0.2, -0.15) is 0 Å². The number of hydrogen-bond acceptors (Lipinski definition) is 5. The van der Waals surface area contributed by atoms with Gasteiger partial charge in [-0.25, -0.2) is 9.97 Å². The Bertz CT molecular complexity index is 1020. The van der Waals surface area contributed by atoms with Crippen LogP contribution in [0, 0.1) is 6.92 Å². The number of anilines is 1. The van der Waals surface area contributed by atoms with E-state index in [9.17, 15) is 9.59 Å². The second-order valence-electron chi connectivity index (χ2n) is 9.58. The summed E-state index contributed by atoms with van der Waals surface area (Å²) in [5.41, 5.74) is 3.62. The summed E-state index contributed by atoms with van der Waals surface area (Å²) >= 11 is 0. The van der Waals surface area contributed by atoms with Crippen LogP contribution in [0.15, 0.2) is 30.3 Å². The molecule has 7 nitrogen and oxygen atoms in total. The third kappa shape index (κ3) is 4.72. The molecule has 4 heterocycles. The van der Waals surface area contributed by atoms with Gasteiger partial charge in [0, 0.05) is 56.3 Å². The van der Waals surface area contributed by atoms with Crippen LogP contribution in [0.1, 0.15) is 60.7 Å². The minimum Gasteiger partial charge on any atom is -0.352 e. The Labute approximate surface area is 195 Å². The van der Waals surface area contributed by atoms with E-state index in [-0.39, 0.29) is 24.3 Å². The molecule has 0 N–H and O–H groups in total. The second kappa shape index (κ2) is 9.49. The molecule has 2 amide bonds. The van der Waals surface area contributed by atoms with Crippen LogP contribution >= 0.6 is 0 Å². The van der Waals surface area contributed by atoms with Crippen LogP contribution in [0.3, 0.4) is 0 Å². The zero-order chi connectivity index (χ0) is 22.8. The number of aromatic nitrogens is 2.